The summed E-state index contributed by atoms with van der Waals surface area (Å²) in [6.07, 6.45) is 0. The first-order valence-electron chi connectivity index (χ1n) is 9.08. The summed E-state index contributed by atoms with van der Waals surface area (Å²) in [5, 5.41) is 2.40. The molecule has 0 radical (unpaired) electrons. The molecule has 1 aromatic heterocycles. The summed E-state index contributed by atoms with van der Waals surface area (Å²) < 4.78 is 5.19. The number of carbonyl (C=O) groups is 2. The van der Waals surface area contributed by atoms with Gasteiger partial charge >= 0.3 is 5.97 Å². The quantitative estimate of drug-likeness (QED) is 0.560. The van der Waals surface area contributed by atoms with Crippen LogP contribution in [0.1, 0.15) is 28.5 Å². The van der Waals surface area contributed by atoms with E-state index in [1.165, 1.54) is 11.3 Å². The number of hydrogen-bond donors (Lipinski definition) is 0. The monoisotopic (exact) mass is 394 g/mol. The first-order valence-corrected chi connectivity index (χ1v) is 9.96. The number of rotatable bonds is 7. The standard InChI is InChI=1S/C22H22N2O3S/c1-3-24(13-17-7-5-4-6-8-17)20(25)14-27-22(26)19-15-28-21(23-19)18-11-9-16(2)10-12-18/h4-12,15H,3,13-14H2,1-2H3. The van der Waals surface area contributed by atoms with Crippen LogP contribution < -0.4 is 0 Å². The van der Waals surface area contributed by atoms with E-state index in [4.69, 9.17) is 4.74 Å². The smallest absolute Gasteiger partial charge is 0.358 e. The van der Waals surface area contributed by atoms with Gasteiger partial charge in [-0.15, -0.1) is 11.3 Å². The molecule has 28 heavy (non-hydrogen) atoms. The van der Waals surface area contributed by atoms with Crippen molar-refractivity contribution in [2.75, 3.05) is 13.2 Å². The van der Waals surface area contributed by atoms with Crippen LogP contribution in [0.4, 0.5) is 0 Å². The highest BCUT2D eigenvalue weighted by molar-refractivity contribution is 7.13. The average molecular weight is 394 g/mol. The highest BCUT2D eigenvalue weighted by Gasteiger charge is 2.18. The number of hydrogen-bond acceptors (Lipinski definition) is 5. The molecule has 3 rings (SSSR count). The predicted octanol–water partition coefficient (Wildman–Crippen LogP) is 4.32. The molecule has 0 saturated heterocycles. The fourth-order valence-corrected chi connectivity index (χ4v) is 3.46. The number of nitrogens with zero attached hydrogens (tertiary/aromatic N) is 2. The minimum atomic E-state index is -0.585. The maximum absolute atomic E-state index is 12.4. The zero-order chi connectivity index (χ0) is 19.9. The van der Waals surface area contributed by atoms with Crippen LogP contribution in [-0.4, -0.2) is 34.9 Å². The molecule has 1 amide bonds. The van der Waals surface area contributed by atoms with Crippen LogP contribution in [-0.2, 0) is 16.1 Å². The zero-order valence-corrected chi connectivity index (χ0v) is 16.7. The predicted molar refractivity (Wildman–Crippen MR) is 110 cm³/mol. The van der Waals surface area contributed by atoms with E-state index < -0.39 is 5.97 Å². The van der Waals surface area contributed by atoms with Crippen molar-refractivity contribution in [3.8, 4) is 10.6 Å². The molecule has 0 N–H and O–H groups in total. The Bertz CT molecular complexity index is 936. The molecule has 1 heterocycles. The third kappa shape index (κ3) is 5.04. The number of benzene rings is 2. The summed E-state index contributed by atoms with van der Waals surface area (Å²) in [6.45, 7) is 4.65. The Hall–Kier alpha value is -2.99. The molecule has 6 heteroatoms. The van der Waals surface area contributed by atoms with Crippen LogP contribution in [0.3, 0.4) is 0 Å². The van der Waals surface area contributed by atoms with Gasteiger partial charge in [0.05, 0.1) is 0 Å². The van der Waals surface area contributed by atoms with E-state index >= 15 is 0 Å². The van der Waals surface area contributed by atoms with Crippen molar-refractivity contribution >= 4 is 23.2 Å². The number of aryl methyl sites for hydroxylation is 1. The van der Waals surface area contributed by atoms with Crippen molar-refractivity contribution in [1.82, 2.24) is 9.88 Å². The van der Waals surface area contributed by atoms with Crippen molar-refractivity contribution < 1.29 is 14.3 Å². The Morgan fingerprint density at radius 1 is 1.07 bits per heavy atom. The maximum Gasteiger partial charge on any atom is 0.358 e. The van der Waals surface area contributed by atoms with E-state index in [0.29, 0.717) is 13.1 Å². The molecule has 0 fully saturated rings. The molecular weight excluding hydrogens is 372 g/mol. The lowest BCUT2D eigenvalue weighted by molar-refractivity contribution is -0.134. The van der Waals surface area contributed by atoms with Gasteiger partial charge in [-0.2, -0.15) is 0 Å². The Labute approximate surface area is 168 Å². The minimum absolute atomic E-state index is 0.222. The van der Waals surface area contributed by atoms with Gasteiger partial charge in [0.25, 0.3) is 5.91 Å². The SMILES string of the molecule is CCN(Cc1ccccc1)C(=O)COC(=O)c1csc(-c2ccc(C)cc2)n1. The first-order chi connectivity index (χ1) is 13.6. The number of thiazole rings is 1. The van der Waals surface area contributed by atoms with Crippen LogP contribution in [0.25, 0.3) is 10.6 Å². The second kappa shape index (κ2) is 9.28. The lowest BCUT2D eigenvalue weighted by Crippen LogP contribution is -2.34. The molecule has 0 atom stereocenters. The highest BCUT2D eigenvalue weighted by atomic mass is 32.1. The van der Waals surface area contributed by atoms with E-state index in [2.05, 4.69) is 4.98 Å². The summed E-state index contributed by atoms with van der Waals surface area (Å²) >= 11 is 1.38. The number of aromatic nitrogens is 1. The molecule has 0 bridgehead atoms. The fraction of sp³-hybridized carbons (Fsp3) is 0.227. The Morgan fingerprint density at radius 3 is 2.46 bits per heavy atom. The van der Waals surface area contributed by atoms with Crippen LogP contribution in [0.5, 0.6) is 0 Å². The van der Waals surface area contributed by atoms with E-state index in [-0.39, 0.29) is 18.2 Å². The third-order valence-corrected chi connectivity index (χ3v) is 5.18. The third-order valence-electron chi connectivity index (χ3n) is 4.29. The van der Waals surface area contributed by atoms with E-state index in [1.54, 1.807) is 10.3 Å². The van der Waals surface area contributed by atoms with Gasteiger partial charge in [-0.1, -0.05) is 60.2 Å². The van der Waals surface area contributed by atoms with Crippen LogP contribution in [0.15, 0.2) is 60.0 Å². The van der Waals surface area contributed by atoms with Gasteiger partial charge in [-0.3, -0.25) is 4.79 Å². The normalized spacial score (nSPS) is 10.5. The van der Waals surface area contributed by atoms with Crippen LogP contribution in [0.2, 0.25) is 0 Å². The van der Waals surface area contributed by atoms with Gasteiger partial charge in [-0.25, -0.2) is 9.78 Å². The van der Waals surface area contributed by atoms with Crippen molar-refractivity contribution in [3.05, 3.63) is 76.8 Å². The highest BCUT2D eigenvalue weighted by Crippen LogP contribution is 2.24. The zero-order valence-electron chi connectivity index (χ0n) is 15.9. The van der Waals surface area contributed by atoms with E-state index in [1.807, 2.05) is 68.4 Å². The molecule has 3 aromatic rings. The molecule has 5 nitrogen and oxygen atoms in total. The average Bonchev–Trinajstić information content (AvgIpc) is 3.21. The second-order valence-electron chi connectivity index (χ2n) is 6.37. The molecule has 0 aliphatic rings. The largest absolute Gasteiger partial charge is 0.451 e. The van der Waals surface area contributed by atoms with Crippen molar-refractivity contribution in [2.24, 2.45) is 0 Å². The van der Waals surface area contributed by atoms with E-state index in [0.717, 1.165) is 21.7 Å². The van der Waals surface area contributed by atoms with Crippen LogP contribution in [0, 0.1) is 6.92 Å². The molecular formula is C22H22N2O3S. The molecule has 0 aliphatic carbocycles. The summed E-state index contributed by atoms with van der Waals surface area (Å²) in [5.74, 6) is -0.813. The van der Waals surface area contributed by atoms with Crippen molar-refractivity contribution in [1.29, 1.82) is 0 Å². The number of likely N-dealkylation sites (N-methyl/N-ethyl adjacent to an activating group) is 1. The molecule has 0 unspecified atom stereocenters. The molecule has 2 aromatic carbocycles. The summed E-state index contributed by atoms with van der Waals surface area (Å²) in [5.41, 5.74) is 3.37. The Kier molecular flexibility index (Phi) is 6.55. The lowest BCUT2D eigenvalue weighted by Gasteiger charge is -2.20. The van der Waals surface area contributed by atoms with Gasteiger partial charge in [0.1, 0.15) is 5.01 Å². The summed E-state index contributed by atoms with van der Waals surface area (Å²) in [6, 6.07) is 17.7. The number of esters is 1. The fourth-order valence-electron chi connectivity index (χ4n) is 2.67. The number of carbonyl (C=O) groups excluding carboxylic acids is 2. The van der Waals surface area contributed by atoms with Gasteiger partial charge < -0.3 is 9.64 Å². The lowest BCUT2D eigenvalue weighted by atomic mass is 10.2. The van der Waals surface area contributed by atoms with E-state index in [9.17, 15) is 9.59 Å². The van der Waals surface area contributed by atoms with Gasteiger partial charge in [0, 0.05) is 24.0 Å². The molecule has 144 valence electrons. The molecule has 0 aliphatic heterocycles. The minimum Gasteiger partial charge on any atom is -0.451 e. The second-order valence-corrected chi connectivity index (χ2v) is 7.23. The van der Waals surface area contributed by atoms with Gasteiger partial charge in [-0.05, 0) is 19.4 Å². The van der Waals surface area contributed by atoms with Crippen molar-refractivity contribution in [2.45, 2.75) is 20.4 Å². The van der Waals surface area contributed by atoms with Gasteiger partial charge in [0.15, 0.2) is 12.3 Å². The maximum atomic E-state index is 12.4. The molecule has 0 spiro atoms. The Balaban J connectivity index is 1.57. The van der Waals surface area contributed by atoms with Crippen LogP contribution >= 0.6 is 11.3 Å². The Morgan fingerprint density at radius 2 is 1.79 bits per heavy atom. The summed E-state index contributed by atoms with van der Waals surface area (Å²) in [7, 11) is 0. The first kappa shape index (κ1) is 19.8. The molecule has 0 saturated carbocycles. The number of amides is 1. The summed E-state index contributed by atoms with van der Waals surface area (Å²) in [4.78, 5) is 30.7. The van der Waals surface area contributed by atoms with Crippen molar-refractivity contribution in [3.63, 3.8) is 0 Å². The number of ether oxygens (including phenoxy) is 1. The topological polar surface area (TPSA) is 59.5 Å². The van der Waals surface area contributed by atoms with Gasteiger partial charge in [0.2, 0.25) is 0 Å².